The van der Waals surface area contributed by atoms with E-state index in [0.717, 1.165) is 63.1 Å². The molecule has 1 saturated heterocycles. The minimum atomic E-state index is 0. The summed E-state index contributed by atoms with van der Waals surface area (Å²) in [6.07, 6.45) is 1.54. The zero-order valence-electron chi connectivity index (χ0n) is 21.7. The first-order valence-corrected chi connectivity index (χ1v) is 11.0. The molecule has 0 aliphatic carbocycles. The molecule has 1 aliphatic heterocycles. The van der Waals surface area contributed by atoms with Gasteiger partial charge in [0.1, 0.15) is 0 Å². The molecule has 0 radical (unpaired) electrons. The molecule has 2 aromatic rings. The molecule has 1 aliphatic rings. The molecular formula is C27H37KN2O5-2. The van der Waals surface area contributed by atoms with E-state index in [4.69, 9.17) is 19.8 Å². The molecule has 188 valence electrons. The fourth-order valence-corrected chi connectivity index (χ4v) is 2.88. The van der Waals surface area contributed by atoms with Crippen molar-refractivity contribution >= 4 is 6.47 Å². The number of aryl methyl sites for hydroxylation is 1. The summed E-state index contributed by atoms with van der Waals surface area (Å²) < 4.78 is 15.6. The Balaban J connectivity index is 0. The van der Waals surface area contributed by atoms with Crippen LogP contribution in [0.25, 0.3) is 11.1 Å². The second-order valence-electron chi connectivity index (χ2n) is 7.61. The molecule has 2 N–H and O–H groups in total. The number of nitrogens with zero attached hydrogens (tertiary/aromatic N) is 1. The number of hydrogen-bond donors (Lipinski definition) is 2. The Kier molecular flexibility index (Phi) is 24.0. The number of nitrogens with one attached hydrogen (secondary N) is 1. The van der Waals surface area contributed by atoms with E-state index in [-0.39, 0.29) is 64.9 Å². The van der Waals surface area contributed by atoms with Crippen molar-refractivity contribution in [2.45, 2.75) is 32.8 Å². The van der Waals surface area contributed by atoms with Crippen molar-refractivity contribution in [3.8, 4) is 22.9 Å². The Bertz CT molecular complexity index is 800. The van der Waals surface area contributed by atoms with Gasteiger partial charge in [0.2, 0.25) is 0 Å². The quantitative estimate of drug-likeness (QED) is 0.401. The molecule has 0 spiro atoms. The average molecular weight is 509 g/mol. The van der Waals surface area contributed by atoms with E-state index in [0.29, 0.717) is 18.1 Å². The van der Waals surface area contributed by atoms with E-state index in [1.807, 2.05) is 30.3 Å². The van der Waals surface area contributed by atoms with Crippen LogP contribution in [0.5, 0.6) is 5.75 Å². The van der Waals surface area contributed by atoms with Crippen LogP contribution >= 0.6 is 0 Å². The maximum Gasteiger partial charge on any atom is 1.00 e. The summed E-state index contributed by atoms with van der Waals surface area (Å²) in [6.45, 7) is 9.92. The van der Waals surface area contributed by atoms with Crippen LogP contribution < -0.4 is 61.4 Å². The van der Waals surface area contributed by atoms with Gasteiger partial charge in [-0.1, -0.05) is 43.7 Å². The fraction of sp³-hybridized carbons (Fsp3) is 0.444. The summed E-state index contributed by atoms with van der Waals surface area (Å²) in [5, 5.41) is 18.8. The Morgan fingerprint density at radius 2 is 1.91 bits per heavy atom. The predicted molar refractivity (Wildman–Crippen MR) is 134 cm³/mol. The molecule has 3 rings (SSSR count). The predicted octanol–water partition coefficient (Wildman–Crippen LogP) is 0.766. The first-order valence-electron chi connectivity index (χ1n) is 11.0. The molecule has 0 aromatic heterocycles. The van der Waals surface area contributed by atoms with Gasteiger partial charge in [0.15, 0.2) is 6.47 Å². The number of ether oxygens (including phenoxy) is 3. The zero-order valence-corrected chi connectivity index (χ0v) is 24.8. The zero-order chi connectivity index (χ0) is 24.3. The molecule has 1 atom stereocenters. The minimum Gasteiger partial charge on any atom is -0.634 e. The standard InChI is InChI=1S/C16H11NO2.C9H19NO2.CH4O.CH3.K/c17-11-1-2-13-3-5-14(6-4-13)15-7-9-16(10-8-15)19-12-18;1-8(2)6-12-9-5-10-3-4-11-7-9;1-2;;/h3-9H,1-2H2;8-10H,3-7H2,1-2H3;2H,1H3;1H3;/q-2;;;-1;+1. The van der Waals surface area contributed by atoms with E-state index in [1.165, 1.54) is 6.47 Å². The Labute approximate surface area is 253 Å². The molecule has 7 nitrogen and oxygen atoms in total. The monoisotopic (exact) mass is 508 g/mol. The number of hydrogen-bond acceptors (Lipinski definition) is 7. The SMILES string of the molecule is CC(C)COC1CNCCOC1.CO.N#CCCc1ccc(-c2c[c-]c(O[C-]=O)cc2)cc1.[CH3-].[K+]. The summed E-state index contributed by atoms with van der Waals surface area (Å²) in [5.41, 5.74) is 3.19. The molecule has 0 amide bonds. The van der Waals surface area contributed by atoms with Gasteiger partial charge in [0.05, 0.1) is 25.4 Å². The fourth-order valence-electron chi connectivity index (χ4n) is 2.88. The van der Waals surface area contributed by atoms with Gasteiger partial charge >= 0.3 is 51.4 Å². The third-order valence-corrected chi connectivity index (χ3v) is 4.51. The van der Waals surface area contributed by atoms with Crippen molar-refractivity contribution in [1.82, 2.24) is 5.32 Å². The number of carbonyl (C=O) groups excluding carboxylic acids is 1. The smallest absolute Gasteiger partial charge is 0.634 e. The van der Waals surface area contributed by atoms with Crippen LogP contribution in [-0.2, 0) is 20.7 Å². The van der Waals surface area contributed by atoms with Crippen LogP contribution in [0.4, 0.5) is 0 Å². The number of nitriles is 1. The van der Waals surface area contributed by atoms with Crippen LogP contribution in [-0.4, -0.2) is 57.7 Å². The third-order valence-electron chi connectivity index (χ3n) is 4.51. The molecule has 1 unspecified atom stereocenters. The molecular weight excluding hydrogens is 471 g/mol. The van der Waals surface area contributed by atoms with Gasteiger partial charge in [-0.2, -0.15) is 17.4 Å². The molecule has 2 aromatic carbocycles. The Hall–Kier alpha value is -1.12. The van der Waals surface area contributed by atoms with Gasteiger partial charge in [-0.05, 0) is 17.9 Å². The van der Waals surface area contributed by atoms with Crippen molar-refractivity contribution < 1.29 is 75.5 Å². The van der Waals surface area contributed by atoms with Crippen molar-refractivity contribution in [2.24, 2.45) is 5.92 Å². The van der Waals surface area contributed by atoms with Crippen LogP contribution in [0.3, 0.4) is 0 Å². The summed E-state index contributed by atoms with van der Waals surface area (Å²) in [6, 6.07) is 18.3. The number of rotatable bonds is 8. The van der Waals surface area contributed by atoms with Gasteiger partial charge in [-0.3, -0.25) is 0 Å². The van der Waals surface area contributed by atoms with Gasteiger partial charge in [-0.25, -0.2) is 12.1 Å². The Morgan fingerprint density at radius 3 is 2.49 bits per heavy atom. The minimum absolute atomic E-state index is 0. The first kappa shape index (κ1) is 36.0. The number of aliphatic hydroxyl groups excluding tert-OH is 1. The van der Waals surface area contributed by atoms with Gasteiger partial charge in [0.25, 0.3) is 0 Å². The molecule has 0 saturated carbocycles. The van der Waals surface area contributed by atoms with E-state index in [9.17, 15) is 4.79 Å². The summed E-state index contributed by atoms with van der Waals surface area (Å²) in [5.74, 6) is 0.956. The summed E-state index contributed by atoms with van der Waals surface area (Å²) >= 11 is 0. The van der Waals surface area contributed by atoms with Crippen molar-refractivity contribution in [1.29, 1.82) is 5.26 Å². The van der Waals surface area contributed by atoms with Crippen LogP contribution in [0.15, 0.2) is 42.5 Å². The molecule has 0 bridgehead atoms. The van der Waals surface area contributed by atoms with Gasteiger partial charge < -0.3 is 36.9 Å². The van der Waals surface area contributed by atoms with E-state index in [1.54, 1.807) is 12.1 Å². The van der Waals surface area contributed by atoms with E-state index in [2.05, 4.69) is 36.0 Å². The third kappa shape index (κ3) is 16.3. The molecule has 1 fully saturated rings. The van der Waals surface area contributed by atoms with E-state index < -0.39 is 0 Å². The summed E-state index contributed by atoms with van der Waals surface area (Å²) in [7, 11) is 1.00. The second-order valence-corrected chi connectivity index (χ2v) is 7.61. The Morgan fingerprint density at radius 1 is 1.23 bits per heavy atom. The number of benzene rings is 2. The molecule has 35 heavy (non-hydrogen) atoms. The molecule has 8 heteroatoms. The summed E-state index contributed by atoms with van der Waals surface area (Å²) in [4.78, 5) is 10.1. The second kappa shape index (κ2) is 23.3. The average Bonchev–Trinajstić information content (AvgIpc) is 3.13. The van der Waals surface area contributed by atoms with Crippen LogP contribution in [0.2, 0.25) is 0 Å². The number of aliphatic hydroxyl groups is 1. The normalized spacial score (nSPS) is 14.2. The first-order chi connectivity index (χ1) is 16.1. The van der Waals surface area contributed by atoms with Crippen molar-refractivity contribution in [3.63, 3.8) is 0 Å². The maximum atomic E-state index is 10.1. The topological polar surface area (TPSA) is 101 Å². The van der Waals surface area contributed by atoms with Crippen molar-refractivity contribution in [3.05, 3.63) is 61.5 Å². The van der Waals surface area contributed by atoms with Gasteiger partial charge in [0, 0.05) is 33.2 Å². The van der Waals surface area contributed by atoms with Gasteiger partial charge in [-0.15, -0.1) is 11.3 Å². The maximum absolute atomic E-state index is 10.1. The molecule has 1 heterocycles. The van der Waals surface area contributed by atoms with Crippen LogP contribution in [0, 0.1) is 30.7 Å². The van der Waals surface area contributed by atoms with Crippen LogP contribution in [0.1, 0.15) is 25.8 Å². The van der Waals surface area contributed by atoms with Crippen molar-refractivity contribution in [2.75, 3.05) is 40.0 Å². The van der Waals surface area contributed by atoms with E-state index >= 15 is 0 Å². The largest absolute Gasteiger partial charge is 1.00 e.